The molecular weight excluding hydrogens is 302 g/mol. The molecule has 2 aromatic rings. The van der Waals surface area contributed by atoms with E-state index in [-0.39, 0.29) is 0 Å². The molecule has 1 fully saturated rings. The molecule has 0 N–H and O–H groups in total. The normalized spacial score (nSPS) is 15.2. The summed E-state index contributed by atoms with van der Waals surface area (Å²) in [5.74, 6) is 1.86. The minimum Gasteiger partial charge on any atom is -0.307 e. The number of hydrogen-bond acceptors (Lipinski definition) is 2. The molecule has 1 heterocycles. The molecule has 3 rings (SSSR count). The van der Waals surface area contributed by atoms with E-state index in [0.29, 0.717) is 6.04 Å². The first-order valence-corrected chi connectivity index (χ1v) is 7.06. The monoisotopic (exact) mass is 311 g/mol. The summed E-state index contributed by atoms with van der Waals surface area (Å²) in [6, 6.07) is 8.32. The molecule has 3 nitrogen and oxygen atoms in total. The van der Waals surface area contributed by atoms with Crippen LogP contribution in [-0.4, -0.2) is 14.8 Å². The van der Waals surface area contributed by atoms with Crippen molar-refractivity contribution in [2.75, 3.05) is 0 Å². The van der Waals surface area contributed by atoms with E-state index in [1.165, 1.54) is 12.8 Å². The number of alkyl halides is 1. The standard InChI is InChI=1S/C12H11BrClN3/c13-7-11-15-16-12(17(11)8-5-6-8)9-3-1-2-4-10(9)14/h1-4,8H,5-7H2. The molecule has 1 saturated carbocycles. The van der Waals surface area contributed by atoms with Gasteiger partial charge in [-0.3, -0.25) is 0 Å². The van der Waals surface area contributed by atoms with E-state index in [1.807, 2.05) is 24.3 Å². The molecule has 0 bridgehead atoms. The highest BCUT2D eigenvalue weighted by Crippen LogP contribution is 2.40. The minimum absolute atomic E-state index is 0.545. The third-order valence-electron chi connectivity index (χ3n) is 2.91. The summed E-state index contributed by atoms with van der Waals surface area (Å²) in [6.45, 7) is 0. The lowest BCUT2D eigenvalue weighted by Crippen LogP contribution is -2.01. The predicted octanol–water partition coefficient (Wildman–Crippen LogP) is 3.83. The molecule has 88 valence electrons. The second-order valence-corrected chi connectivity index (χ2v) is 5.12. The number of hydrogen-bond donors (Lipinski definition) is 0. The maximum Gasteiger partial charge on any atom is 0.165 e. The Balaban J connectivity index is 2.14. The van der Waals surface area contributed by atoms with Crippen molar-refractivity contribution in [3.8, 4) is 11.4 Å². The summed E-state index contributed by atoms with van der Waals surface area (Å²) in [4.78, 5) is 0. The van der Waals surface area contributed by atoms with E-state index in [4.69, 9.17) is 11.6 Å². The number of nitrogens with zero attached hydrogens (tertiary/aromatic N) is 3. The highest BCUT2D eigenvalue weighted by molar-refractivity contribution is 9.08. The molecule has 5 heteroatoms. The molecule has 0 aliphatic heterocycles. The van der Waals surface area contributed by atoms with Crippen LogP contribution in [0.3, 0.4) is 0 Å². The van der Waals surface area contributed by atoms with Crippen LogP contribution in [0.4, 0.5) is 0 Å². The van der Waals surface area contributed by atoms with Gasteiger partial charge in [0.1, 0.15) is 5.82 Å². The van der Waals surface area contributed by atoms with Crippen molar-refractivity contribution in [2.45, 2.75) is 24.2 Å². The van der Waals surface area contributed by atoms with E-state index in [0.717, 1.165) is 27.6 Å². The van der Waals surface area contributed by atoms with Gasteiger partial charge in [-0.2, -0.15) is 0 Å². The zero-order valence-electron chi connectivity index (χ0n) is 9.11. The summed E-state index contributed by atoms with van der Waals surface area (Å²) >= 11 is 9.67. The van der Waals surface area contributed by atoms with Crippen LogP contribution in [0.15, 0.2) is 24.3 Å². The van der Waals surface area contributed by atoms with Gasteiger partial charge in [-0.25, -0.2) is 0 Å². The van der Waals surface area contributed by atoms with Crippen molar-refractivity contribution in [2.24, 2.45) is 0 Å². The third kappa shape index (κ3) is 2.00. The average Bonchev–Trinajstić information content (AvgIpc) is 3.10. The average molecular weight is 313 g/mol. The quantitative estimate of drug-likeness (QED) is 0.807. The van der Waals surface area contributed by atoms with Crippen LogP contribution >= 0.6 is 27.5 Å². The Bertz CT molecular complexity index is 548. The Morgan fingerprint density at radius 3 is 2.71 bits per heavy atom. The first kappa shape index (κ1) is 11.2. The maximum absolute atomic E-state index is 6.22. The molecule has 1 aliphatic rings. The fourth-order valence-corrected chi connectivity index (χ4v) is 2.56. The van der Waals surface area contributed by atoms with Crippen LogP contribution in [0.2, 0.25) is 5.02 Å². The third-order valence-corrected chi connectivity index (χ3v) is 3.74. The van der Waals surface area contributed by atoms with Gasteiger partial charge in [0.2, 0.25) is 0 Å². The molecule has 0 atom stereocenters. The number of halogens is 2. The fourth-order valence-electron chi connectivity index (χ4n) is 1.96. The van der Waals surface area contributed by atoms with Crippen LogP contribution in [-0.2, 0) is 5.33 Å². The Kier molecular flexibility index (Phi) is 2.92. The van der Waals surface area contributed by atoms with E-state index in [2.05, 4.69) is 30.7 Å². The molecule has 0 unspecified atom stereocenters. The first-order chi connectivity index (χ1) is 8.31. The molecule has 1 aliphatic carbocycles. The molecule has 0 saturated heterocycles. The van der Waals surface area contributed by atoms with Crippen molar-refractivity contribution in [3.63, 3.8) is 0 Å². The van der Waals surface area contributed by atoms with Gasteiger partial charge in [-0.05, 0) is 25.0 Å². The smallest absolute Gasteiger partial charge is 0.165 e. The topological polar surface area (TPSA) is 30.7 Å². The second-order valence-electron chi connectivity index (χ2n) is 4.15. The van der Waals surface area contributed by atoms with Crippen molar-refractivity contribution in [1.29, 1.82) is 0 Å². The summed E-state index contributed by atoms with van der Waals surface area (Å²) in [7, 11) is 0. The van der Waals surface area contributed by atoms with Gasteiger partial charge in [0.15, 0.2) is 5.82 Å². The largest absolute Gasteiger partial charge is 0.307 e. The van der Waals surface area contributed by atoms with Crippen LogP contribution in [0, 0.1) is 0 Å². The van der Waals surface area contributed by atoms with Gasteiger partial charge in [-0.15, -0.1) is 10.2 Å². The van der Waals surface area contributed by atoms with Gasteiger partial charge in [0.25, 0.3) is 0 Å². The zero-order valence-corrected chi connectivity index (χ0v) is 11.4. The van der Waals surface area contributed by atoms with Gasteiger partial charge in [0.05, 0.1) is 10.4 Å². The number of benzene rings is 1. The minimum atomic E-state index is 0.545. The Labute approximate surface area is 113 Å². The van der Waals surface area contributed by atoms with Gasteiger partial charge < -0.3 is 4.57 Å². The van der Waals surface area contributed by atoms with Crippen molar-refractivity contribution < 1.29 is 0 Å². The molecule has 0 radical (unpaired) electrons. The lowest BCUT2D eigenvalue weighted by molar-refractivity contribution is 0.714. The van der Waals surface area contributed by atoms with Gasteiger partial charge >= 0.3 is 0 Å². The van der Waals surface area contributed by atoms with Crippen LogP contribution in [0.25, 0.3) is 11.4 Å². The van der Waals surface area contributed by atoms with Crippen LogP contribution in [0.1, 0.15) is 24.7 Å². The Morgan fingerprint density at radius 1 is 1.29 bits per heavy atom. The number of rotatable bonds is 3. The van der Waals surface area contributed by atoms with Gasteiger partial charge in [0, 0.05) is 11.6 Å². The zero-order chi connectivity index (χ0) is 11.8. The summed E-state index contributed by atoms with van der Waals surface area (Å²) in [5.41, 5.74) is 0.959. The lowest BCUT2D eigenvalue weighted by Gasteiger charge is -2.08. The van der Waals surface area contributed by atoms with E-state index in [9.17, 15) is 0 Å². The highest BCUT2D eigenvalue weighted by atomic mass is 79.9. The lowest BCUT2D eigenvalue weighted by atomic mass is 10.2. The van der Waals surface area contributed by atoms with Crippen LogP contribution < -0.4 is 0 Å². The summed E-state index contributed by atoms with van der Waals surface area (Å²) in [6.07, 6.45) is 2.41. The van der Waals surface area contributed by atoms with Crippen LogP contribution in [0.5, 0.6) is 0 Å². The van der Waals surface area contributed by atoms with Crippen molar-refractivity contribution in [1.82, 2.24) is 14.8 Å². The fraction of sp³-hybridized carbons (Fsp3) is 0.333. The summed E-state index contributed by atoms with van der Waals surface area (Å²) < 4.78 is 2.20. The maximum atomic E-state index is 6.22. The van der Waals surface area contributed by atoms with Crippen molar-refractivity contribution >= 4 is 27.5 Å². The molecule has 17 heavy (non-hydrogen) atoms. The number of aromatic nitrogens is 3. The predicted molar refractivity (Wildman–Crippen MR) is 71.4 cm³/mol. The van der Waals surface area contributed by atoms with Crippen molar-refractivity contribution in [3.05, 3.63) is 35.1 Å². The Hall–Kier alpha value is -0.870. The second kappa shape index (κ2) is 4.42. The SMILES string of the molecule is Clc1ccccc1-c1nnc(CBr)n1C1CC1. The molecular formula is C12H11BrClN3. The molecule has 1 aromatic carbocycles. The summed E-state index contributed by atoms with van der Waals surface area (Å²) in [5, 5.41) is 9.95. The molecule has 1 aromatic heterocycles. The van der Waals surface area contributed by atoms with E-state index in [1.54, 1.807) is 0 Å². The van der Waals surface area contributed by atoms with E-state index >= 15 is 0 Å². The first-order valence-electron chi connectivity index (χ1n) is 5.56. The molecule has 0 amide bonds. The molecule has 0 spiro atoms. The van der Waals surface area contributed by atoms with Gasteiger partial charge in [-0.1, -0.05) is 39.7 Å². The van der Waals surface area contributed by atoms with E-state index < -0.39 is 0 Å². The highest BCUT2D eigenvalue weighted by Gasteiger charge is 2.29. The Morgan fingerprint density at radius 2 is 2.06 bits per heavy atom.